The average Bonchev–Trinajstić information content (AvgIpc) is 2.06. The van der Waals surface area contributed by atoms with Crippen LogP contribution in [0.1, 0.15) is 0 Å². The summed E-state index contributed by atoms with van der Waals surface area (Å²) in [5.41, 5.74) is 0. The van der Waals surface area contributed by atoms with Gasteiger partial charge in [-0.1, -0.05) is 0 Å². The molecule has 0 radical (unpaired) electrons. The molecular formula is C8H15N3O. The van der Waals surface area contributed by atoms with Crippen molar-refractivity contribution >= 4 is 0 Å². The van der Waals surface area contributed by atoms with Crippen LogP contribution in [0.5, 0.6) is 0 Å². The van der Waals surface area contributed by atoms with Gasteiger partial charge in [0.15, 0.2) is 0 Å². The fourth-order valence-corrected chi connectivity index (χ4v) is 1.38. The molecule has 0 aliphatic carbocycles. The zero-order valence-electron chi connectivity index (χ0n) is 7.42. The van der Waals surface area contributed by atoms with E-state index in [2.05, 4.69) is 16.3 Å². The molecule has 1 aliphatic rings. The first-order valence-corrected chi connectivity index (χ1v) is 4.22. The number of hydrogen-bond donors (Lipinski definition) is 1. The van der Waals surface area contributed by atoms with E-state index in [1.54, 1.807) is 0 Å². The van der Waals surface area contributed by atoms with Crippen molar-refractivity contribution in [2.45, 2.75) is 6.10 Å². The molecule has 68 valence electrons. The van der Waals surface area contributed by atoms with E-state index in [4.69, 9.17) is 10.00 Å². The van der Waals surface area contributed by atoms with Crippen LogP contribution in [0.25, 0.3) is 0 Å². The smallest absolute Gasteiger partial charge is 0.0867 e. The average molecular weight is 169 g/mol. The Morgan fingerprint density at radius 3 is 3.25 bits per heavy atom. The van der Waals surface area contributed by atoms with Crippen LogP contribution in [0.4, 0.5) is 0 Å². The third-order valence-corrected chi connectivity index (χ3v) is 1.95. The number of hydrogen-bond acceptors (Lipinski definition) is 4. The molecule has 1 rings (SSSR count). The molecule has 0 aromatic heterocycles. The summed E-state index contributed by atoms with van der Waals surface area (Å²) in [7, 11) is 1.91. The predicted octanol–water partition coefficient (Wildman–Crippen LogP) is -0.570. The fraction of sp³-hybridized carbons (Fsp3) is 0.875. The number of nitriles is 1. The largest absolute Gasteiger partial charge is 0.374 e. The maximum absolute atomic E-state index is 8.49. The van der Waals surface area contributed by atoms with Crippen molar-refractivity contribution < 1.29 is 4.74 Å². The number of nitrogens with one attached hydrogen (secondary N) is 1. The zero-order valence-corrected chi connectivity index (χ0v) is 7.42. The molecule has 0 spiro atoms. The summed E-state index contributed by atoms with van der Waals surface area (Å²) in [4.78, 5) is 2.12. The van der Waals surface area contributed by atoms with Crippen LogP contribution in [0.3, 0.4) is 0 Å². The molecule has 0 saturated carbocycles. The van der Waals surface area contributed by atoms with Crippen molar-refractivity contribution in [3.05, 3.63) is 0 Å². The maximum Gasteiger partial charge on any atom is 0.0867 e. The van der Waals surface area contributed by atoms with Gasteiger partial charge in [0.05, 0.1) is 25.3 Å². The van der Waals surface area contributed by atoms with Gasteiger partial charge in [-0.15, -0.1) is 0 Å². The van der Waals surface area contributed by atoms with Crippen LogP contribution >= 0.6 is 0 Å². The van der Waals surface area contributed by atoms with E-state index < -0.39 is 0 Å². The lowest BCUT2D eigenvalue weighted by atomic mass is 10.2. The van der Waals surface area contributed by atoms with Crippen LogP contribution in [0.2, 0.25) is 0 Å². The Hall–Kier alpha value is -0.630. The summed E-state index contributed by atoms with van der Waals surface area (Å²) in [6.07, 6.45) is 0.247. The number of morpholine rings is 1. The van der Waals surface area contributed by atoms with Gasteiger partial charge in [-0.05, 0) is 7.05 Å². The van der Waals surface area contributed by atoms with Gasteiger partial charge in [-0.3, -0.25) is 4.90 Å². The SMILES string of the molecule is CNCC1CN(CC#N)CCO1. The van der Waals surface area contributed by atoms with E-state index in [9.17, 15) is 0 Å². The highest BCUT2D eigenvalue weighted by molar-refractivity contribution is 4.81. The van der Waals surface area contributed by atoms with Crippen molar-refractivity contribution in [3.63, 3.8) is 0 Å². The minimum atomic E-state index is 0.247. The van der Waals surface area contributed by atoms with E-state index in [0.29, 0.717) is 6.54 Å². The lowest BCUT2D eigenvalue weighted by Gasteiger charge is -2.31. The van der Waals surface area contributed by atoms with Crippen molar-refractivity contribution in [2.24, 2.45) is 0 Å². The highest BCUT2D eigenvalue weighted by Gasteiger charge is 2.18. The lowest BCUT2D eigenvalue weighted by molar-refractivity contribution is -0.0217. The van der Waals surface area contributed by atoms with Gasteiger partial charge in [0, 0.05) is 19.6 Å². The van der Waals surface area contributed by atoms with E-state index in [0.717, 1.165) is 26.2 Å². The number of nitrogens with zero attached hydrogens (tertiary/aromatic N) is 2. The predicted molar refractivity (Wildman–Crippen MR) is 45.7 cm³/mol. The summed E-state index contributed by atoms with van der Waals surface area (Å²) in [6.45, 7) is 3.88. The Morgan fingerprint density at radius 2 is 2.58 bits per heavy atom. The first-order chi connectivity index (χ1) is 5.86. The van der Waals surface area contributed by atoms with Crippen LogP contribution in [0.15, 0.2) is 0 Å². The molecule has 4 heteroatoms. The Morgan fingerprint density at radius 1 is 1.75 bits per heavy atom. The number of ether oxygens (including phenoxy) is 1. The van der Waals surface area contributed by atoms with Crippen LogP contribution in [-0.4, -0.2) is 50.8 Å². The van der Waals surface area contributed by atoms with E-state index >= 15 is 0 Å². The molecule has 1 fully saturated rings. The summed E-state index contributed by atoms with van der Waals surface area (Å²) >= 11 is 0. The fourth-order valence-electron chi connectivity index (χ4n) is 1.38. The van der Waals surface area contributed by atoms with Crippen molar-refractivity contribution in [3.8, 4) is 6.07 Å². The van der Waals surface area contributed by atoms with Gasteiger partial charge in [-0.2, -0.15) is 5.26 Å². The molecule has 0 amide bonds. The molecule has 0 aromatic carbocycles. The van der Waals surface area contributed by atoms with Gasteiger partial charge in [0.2, 0.25) is 0 Å². The molecular weight excluding hydrogens is 154 g/mol. The first kappa shape index (κ1) is 9.46. The molecule has 1 N–H and O–H groups in total. The second-order valence-corrected chi connectivity index (χ2v) is 2.94. The monoisotopic (exact) mass is 169 g/mol. The third kappa shape index (κ3) is 2.78. The van der Waals surface area contributed by atoms with Crippen molar-refractivity contribution in [1.29, 1.82) is 5.26 Å². The summed E-state index contributed by atoms with van der Waals surface area (Å²) in [5.74, 6) is 0. The summed E-state index contributed by atoms with van der Waals surface area (Å²) < 4.78 is 5.48. The Bertz CT molecular complexity index is 164. The second-order valence-electron chi connectivity index (χ2n) is 2.94. The van der Waals surface area contributed by atoms with Crippen LogP contribution in [-0.2, 0) is 4.74 Å². The highest BCUT2D eigenvalue weighted by Crippen LogP contribution is 2.02. The van der Waals surface area contributed by atoms with Gasteiger partial charge >= 0.3 is 0 Å². The highest BCUT2D eigenvalue weighted by atomic mass is 16.5. The van der Waals surface area contributed by atoms with Crippen molar-refractivity contribution in [2.75, 3.05) is 39.8 Å². The molecule has 1 unspecified atom stereocenters. The normalized spacial score (nSPS) is 25.2. The van der Waals surface area contributed by atoms with Crippen molar-refractivity contribution in [1.82, 2.24) is 10.2 Å². The van der Waals surface area contributed by atoms with E-state index in [-0.39, 0.29) is 6.10 Å². The lowest BCUT2D eigenvalue weighted by Crippen LogP contribution is -2.46. The van der Waals surface area contributed by atoms with Gasteiger partial charge in [0.1, 0.15) is 0 Å². The number of rotatable bonds is 3. The number of likely N-dealkylation sites (N-methyl/N-ethyl adjacent to an activating group) is 1. The second kappa shape index (κ2) is 5.09. The van der Waals surface area contributed by atoms with E-state index in [1.165, 1.54) is 0 Å². The molecule has 0 bridgehead atoms. The van der Waals surface area contributed by atoms with Crippen LogP contribution in [0, 0.1) is 11.3 Å². The standard InChI is InChI=1S/C8H15N3O/c1-10-6-8-7-11(3-2-9)4-5-12-8/h8,10H,3-7H2,1H3. The first-order valence-electron chi connectivity index (χ1n) is 4.22. The minimum absolute atomic E-state index is 0.247. The molecule has 1 heterocycles. The van der Waals surface area contributed by atoms with Gasteiger partial charge < -0.3 is 10.1 Å². The van der Waals surface area contributed by atoms with Gasteiger partial charge in [0.25, 0.3) is 0 Å². The quantitative estimate of drug-likeness (QED) is 0.575. The summed E-state index contributed by atoms with van der Waals surface area (Å²) in [6, 6.07) is 2.15. The topological polar surface area (TPSA) is 48.3 Å². The maximum atomic E-state index is 8.49. The van der Waals surface area contributed by atoms with E-state index in [1.807, 2.05) is 7.05 Å². The molecule has 1 saturated heterocycles. The Labute approximate surface area is 73.1 Å². The van der Waals surface area contributed by atoms with Crippen LogP contribution < -0.4 is 5.32 Å². The minimum Gasteiger partial charge on any atom is -0.374 e. The summed E-state index contributed by atoms with van der Waals surface area (Å²) in [5, 5.41) is 11.6. The van der Waals surface area contributed by atoms with Gasteiger partial charge in [-0.25, -0.2) is 0 Å². The Kier molecular flexibility index (Phi) is 4.01. The molecule has 1 atom stereocenters. The Balaban J connectivity index is 2.26. The molecule has 1 aliphatic heterocycles. The molecule has 12 heavy (non-hydrogen) atoms. The molecule has 0 aromatic rings. The zero-order chi connectivity index (χ0) is 8.81. The third-order valence-electron chi connectivity index (χ3n) is 1.95. The molecule has 4 nitrogen and oxygen atoms in total.